The normalized spacial score (nSPS) is 18.2. The minimum Gasteiger partial charge on any atom is -0.332 e. The highest BCUT2D eigenvalue weighted by molar-refractivity contribution is 6.33. The van der Waals surface area contributed by atoms with E-state index in [-0.39, 0.29) is 11.9 Å². The maximum absolute atomic E-state index is 12.7. The zero-order valence-corrected chi connectivity index (χ0v) is 11.8. The van der Waals surface area contributed by atoms with E-state index in [9.17, 15) is 4.79 Å². The third kappa shape index (κ3) is 2.41. The lowest BCUT2D eigenvalue weighted by Gasteiger charge is -2.25. The Morgan fingerprint density at radius 2 is 2.05 bits per heavy atom. The van der Waals surface area contributed by atoms with Crippen LogP contribution < -0.4 is 0 Å². The monoisotopic (exact) mass is 286 g/mol. The van der Waals surface area contributed by atoms with Gasteiger partial charge >= 0.3 is 0 Å². The van der Waals surface area contributed by atoms with Crippen molar-refractivity contribution in [1.29, 1.82) is 0 Å². The van der Waals surface area contributed by atoms with E-state index in [0.29, 0.717) is 10.6 Å². The number of hydrogen-bond acceptors (Lipinski definition) is 2. The van der Waals surface area contributed by atoms with Crippen LogP contribution in [0.5, 0.6) is 0 Å². The molecule has 0 saturated carbocycles. The lowest BCUT2D eigenvalue weighted by Crippen LogP contribution is -2.30. The Bertz CT molecular complexity index is 615. The molecule has 1 amide bonds. The van der Waals surface area contributed by atoms with E-state index in [1.54, 1.807) is 12.3 Å². The molecule has 1 aromatic heterocycles. The predicted octanol–water partition coefficient (Wildman–Crippen LogP) is 3.71. The molecule has 2 aromatic rings. The van der Waals surface area contributed by atoms with E-state index >= 15 is 0 Å². The molecule has 1 saturated heterocycles. The van der Waals surface area contributed by atoms with E-state index in [0.717, 1.165) is 19.4 Å². The highest BCUT2D eigenvalue weighted by atomic mass is 35.5. The summed E-state index contributed by atoms with van der Waals surface area (Å²) in [5.74, 6) is -0.0104. The Balaban J connectivity index is 1.90. The first-order valence-corrected chi connectivity index (χ1v) is 7.10. The fourth-order valence-electron chi connectivity index (χ4n) is 2.73. The topological polar surface area (TPSA) is 33.2 Å². The van der Waals surface area contributed by atoms with Crippen molar-refractivity contribution in [3.05, 3.63) is 64.9 Å². The standard InChI is InChI=1S/C16H15ClN2O/c17-14-11-18-9-8-13(14)16(20)19-10-4-7-15(19)12-5-2-1-3-6-12/h1-3,5-6,8-9,11,15H,4,7,10H2. The van der Waals surface area contributed by atoms with Crippen molar-refractivity contribution >= 4 is 17.5 Å². The zero-order chi connectivity index (χ0) is 13.9. The van der Waals surface area contributed by atoms with Gasteiger partial charge < -0.3 is 4.90 Å². The number of pyridine rings is 1. The van der Waals surface area contributed by atoms with Gasteiger partial charge in [0.05, 0.1) is 16.6 Å². The first-order valence-electron chi connectivity index (χ1n) is 6.73. The van der Waals surface area contributed by atoms with Crippen molar-refractivity contribution < 1.29 is 4.79 Å². The first kappa shape index (κ1) is 13.1. The van der Waals surface area contributed by atoms with Gasteiger partial charge in [0.25, 0.3) is 5.91 Å². The number of carbonyl (C=O) groups is 1. The number of carbonyl (C=O) groups excluding carboxylic acids is 1. The summed E-state index contributed by atoms with van der Waals surface area (Å²) in [5.41, 5.74) is 1.72. The van der Waals surface area contributed by atoms with E-state index in [1.165, 1.54) is 11.8 Å². The molecule has 102 valence electrons. The maximum atomic E-state index is 12.7. The van der Waals surface area contributed by atoms with Gasteiger partial charge in [-0.1, -0.05) is 41.9 Å². The fourth-order valence-corrected chi connectivity index (χ4v) is 2.94. The number of halogens is 1. The number of rotatable bonds is 2. The maximum Gasteiger partial charge on any atom is 0.255 e. The van der Waals surface area contributed by atoms with Gasteiger partial charge in [-0.15, -0.1) is 0 Å². The Morgan fingerprint density at radius 1 is 1.25 bits per heavy atom. The minimum absolute atomic E-state index is 0.0104. The van der Waals surface area contributed by atoms with Gasteiger partial charge in [-0.25, -0.2) is 0 Å². The van der Waals surface area contributed by atoms with Crippen LogP contribution in [0.2, 0.25) is 5.02 Å². The average Bonchev–Trinajstić information content (AvgIpc) is 2.97. The largest absolute Gasteiger partial charge is 0.332 e. The third-order valence-corrected chi connectivity index (χ3v) is 4.00. The van der Waals surface area contributed by atoms with Crippen LogP contribution in [-0.2, 0) is 0 Å². The Kier molecular flexibility index (Phi) is 3.70. The van der Waals surface area contributed by atoms with Crippen molar-refractivity contribution in [2.24, 2.45) is 0 Å². The van der Waals surface area contributed by atoms with Gasteiger partial charge in [0.1, 0.15) is 0 Å². The molecule has 0 radical (unpaired) electrons. The summed E-state index contributed by atoms with van der Waals surface area (Å²) in [6.45, 7) is 0.775. The second-order valence-electron chi connectivity index (χ2n) is 4.92. The Labute approximate surface area is 123 Å². The van der Waals surface area contributed by atoms with Crippen molar-refractivity contribution in [3.8, 4) is 0 Å². The summed E-state index contributed by atoms with van der Waals surface area (Å²) < 4.78 is 0. The van der Waals surface area contributed by atoms with Gasteiger partial charge in [0.15, 0.2) is 0 Å². The van der Waals surface area contributed by atoms with Crippen LogP contribution in [0.3, 0.4) is 0 Å². The molecule has 3 rings (SSSR count). The van der Waals surface area contributed by atoms with Gasteiger partial charge in [-0.3, -0.25) is 9.78 Å². The highest BCUT2D eigenvalue weighted by Crippen LogP contribution is 2.33. The SMILES string of the molecule is O=C(c1ccncc1Cl)N1CCCC1c1ccccc1. The summed E-state index contributed by atoms with van der Waals surface area (Å²) in [6.07, 6.45) is 5.14. The summed E-state index contributed by atoms with van der Waals surface area (Å²) in [4.78, 5) is 18.5. The van der Waals surface area contributed by atoms with Crippen molar-refractivity contribution in [1.82, 2.24) is 9.88 Å². The molecule has 4 heteroatoms. The molecule has 1 atom stereocenters. The van der Waals surface area contributed by atoms with Crippen LogP contribution in [0.15, 0.2) is 48.8 Å². The molecule has 0 bridgehead atoms. The van der Waals surface area contributed by atoms with E-state index in [1.807, 2.05) is 23.1 Å². The van der Waals surface area contributed by atoms with Gasteiger partial charge in [-0.05, 0) is 24.5 Å². The fraction of sp³-hybridized carbons (Fsp3) is 0.250. The Morgan fingerprint density at radius 3 is 2.80 bits per heavy atom. The second-order valence-corrected chi connectivity index (χ2v) is 5.33. The summed E-state index contributed by atoms with van der Waals surface area (Å²) in [7, 11) is 0. The molecule has 1 aliphatic heterocycles. The number of nitrogens with zero attached hydrogens (tertiary/aromatic N) is 2. The van der Waals surface area contributed by atoms with E-state index in [2.05, 4.69) is 17.1 Å². The lowest BCUT2D eigenvalue weighted by atomic mass is 10.0. The molecular formula is C16H15ClN2O. The van der Waals surface area contributed by atoms with Crippen molar-refractivity contribution in [2.75, 3.05) is 6.54 Å². The highest BCUT2D eigenvalue weighted by Gasteiger charge is 2.31. The van der Waals surface area contributed by atoms with Crippen molar-refractivity contribution in [2.45, 2.75) is 18.9 Å². The number of hydrogen-bond donors (Lipinski definition) is 0. The third-order valence-electron chi connectivity index (χ3n) is 3.70. The minimum atomic E-state index is -0.0104. The smallest absolute Gasteiger partial charge is 0.255 e. The quantitative estimate of drug-likeness (QED) is 0.843. The molecule has 1 aromatic carbocycles. The molecule has 0 N–H and O–H groups in total. The lowest BCUT2D eigenvalue weighted by molar-refractivity contribution is 0.0735. The molecule has 20 heavy (non-hydrogen) atoms. The van der Waals surface area contributed by atoms with E-state index < -0.39 is 0 Å². The summed E-state index contributed by atoms with van der Waals surface area (Å²) >= 11 is 6.08. The molecule has 3 nitrogen and oxygen atoms in total. The van der Waals surface area contributed by atoms with Crippen LogP contribution in [0.25, 0.3) is 0 Å². The molecule has 1 fully saturated rings. The van der Waals surface area contributed by atoms with Crippen LogP contribution in [0.4, 0.5) is 0 Å². The molecule has 1 unspecified atom stereocenters. The van der Waals surface area contributed by atoms with Gasteiger partial charge in [0.2, 0.25) is 0 Å². The molecule has 1 aliphatic rings. The van der Waals surface area contributed by atoms with E-state index in [4.69, 9.17) is 11.6 Å². The van der Waals surface area contributed by atoms with Crippen LogP contribution in [0.1, 0.15) is 34.8 Å². The Hall–Kier alpha value is -1.87. The van der Waals surface area contributed by atoms with Crippen molar-refractivity contribution in [3.63, 3.8) is 0 Å². The summed E-state index contributed by atoms with van der Waals surface area (Å²) in [5, 5.41) is 0.413. The predicted molar refractivity (Wildman–Crippen MR) is 78.7 cm³/mol. The van der Waals surface area contributed by atoms with Gasteiger partial charge in [0, 0.05) is 18.9 Å². The second kappa shape index (κ2) is 5.63. The van der Waals surface area contributed by atoms with Crippen LogP contribution in [0, 0.1) is 0 Å². The molecule has 0 aliphatic carbocycles. The van der Waals surface area contributed by atoms with Gasteiger partial charge in [-0.2, -0.15) is 0 Å². The number of benzene rings is 1. The van der Waals surface area contributed by atoms with Crippen LogP contribution >= 0.6 is 11.6 Å². The molecule has 2 heterocycles. The number of likely N-dealkylation sites (tertiary alicyclic amines) is 1. The zero-order valence-electron chi connectivity index (χ0n) is 11.0. The number of amides is 1. The van der Waals surface area contributed by atoms with Crippen LogP contribution in [-0.4, -0.2) is 22.3 Å². The molecular weight excluding hydrogens is 272 g/mol. The average molecular weight is 287 g/mol. The summed E-state index contributed by atoms with van der Waals surface area (Å²) in [6, 6.07) is 12.0. The number of aromatic nitrogens is 1. The molecule has 0 spiro atoms. The first-order chi connectivity index (χ1) is 9.77.